The highest BCUT2D eigenvalue weighted by Crippen LogP contribution is 1.99. The first-order valence-corrected chi connectivity index (χ1v) is 3.93. The van der Waals surface area contributed by atoms with Gasteiger partial charge in [-0.2, -0.15) is 5.10 Å². The second kappa shape index (κ2) is 6.40. The van der Waals surface area contributed by atoms with Crippen LogP contribution in [-0.2, 0) is 0 Å². The number of rotatable bonds is 4. The van der Waals surface area contributed by atoms with Crippen molar-refractivity contribution in [2.24, 2.45) is 5.10 Å². The first-order valence-electron chi connectivity index (χ1n) is 3.93. The van der Waals surface area contributed by atoms with Crippen molar-refractivity contribution in [1.29, 1.82) is 0 Å². The van der Waals surface area contributed by atoms with Gasteiger partial charge in [-0.15, -0.1) is 0 Å². The second-order valence-corrected chi connectivity index (χ2v) is 2.26. The largest absolute Gasteiger partial charge is 0.313 e. The molecule has 66 valence electrons. The third kappa shape index (κ3) is 3.76. The minimum Gasteiger partial charge on any atom is -0.313 e. The molecule has 0 amide bonds. The third-order valence-electron chi connectivity index (χ3n) is 1.42. The van der Waals surface area contributed by atoms with E-state index in [0.29, 0.717) is 0 Å². The van der Waals surface area contributed by atoms with Crippen LogP contribution >= 0.6 is 0 Å². The number of hydrogen-bond acceptors (Lipinski definition) is 2. The Balaban J connectivity index is 4.47. The van der Waals surface area contributed by atoms with Crippen molar-refractivity contribution in [2.45, 2.75) is 13.8 Å². The molecule has 1 N–H and O–H groups in total. The van der Waals surface area contributed by atoms with Gasteiger partial charge in [-0.25, -0.2) is 0 Å². The zero-order valence-corrected chi connectivity index (χ0v) is 7.96. The maximum absolute atomic E-state index is 4.06. The van der Waals surface area contributed by atoms with Crippen LogP contribution in [0.1, 0.15) is 13.8 Å². The quantitative estimate of drug-likeness (QED) is 0.385. The minimum absolute atomic E-state index is 0.970. The fraction of sp³-hybridized carbons (Fsp3) is 0.300. The van der Waals surface area contributed by atoms with Crippen LogP contribution in [0.25, 0.3) is 0 Å². The van der Waals surface area contributed by atoms with Crippen molar-refractivity contribution in [3.63, 3.8) is 0 Å². The Morgan fingerprint density at radius 3 is 2.58 bits per heavy atom. The molecule has 0 aliphatic carbocycles. The van der Waals surface area contributed by atoms with Gasteiger partial charge < -0.3 is 5.43 Å². The monoisotopic (exact) mass is 164 g/mol. The molecule has 0 bridgehead atoms. The molecule has 0 rings (SSSR count). The number of allylic oxidation sites excluding steroid dienone is 5. The van der Waals surface area contributed by atoms with Crippen LogP contribution < -0.4 is 5.43 Å². The summed E-state index contributed by atoms with van der Waals surface area (Å²) in [6.45, 7) is 7.54. The van der Waals surface area contributed by atoms with Gasteiger partial charge in [-0.05, 0) is 19.4 Å². The highest BCUT2D eigenvalue weighted by Gasteiger charge is 1.93. The zero-order valence-electron chi connectivity index (χ0n) is 7.96. The lowest BCUT2D eigenvalue weighted by Gasteiger charge is -1.99. The van der Waals surface area contributed by atoms with Gasteiger partial charge in [0, 0.05) is 7.05 Å². The molecule has 12 heavy (non-hydrogen) atoms. The lowest BCUT2D eigenvalue weighted by Crippen LogP contribution is -2.03. The van der Waals surface area contributed by atoms with E-state index >= 15 is 0 Å². The van der Waals surface area contributed by atoms with Gasteiger partial charge in [-0.1, -0.05) is 30.9 Å². The highest BCUT2D eigenvalue weighted by atomic mass is 15.3. The van der Waals surface area contributed by atoms with E-state index in [9.17, 15) is 0 Å². The molecule has 0 unspecified atom stereocenters. The van der Waals surface area contributed by atoms with Crippen LogP contribution in [-0.4, -0.2) is 12.8 Å². The van der Waals surface area contributed by atoms with Crippen molar-refractivity contribution < 1.29 is 0 Å². The van der Waals surface area contributed by atoms with Gasteiger partial charge in [0.05, 0.1) is 5.71 Å². The molecule has 0 aromatic rings. The van der Waals surface area contributed by atoms with Crippen LogP contribution in [0.15, 0.2) is 41.6 Å². The van der Waals surface area contributed by atoms with Crippen LogP contribution in [0.3, 0.4) is 0 Å². The molecule has 0 fully saturated rings. The third-order valence-corrected chi connectivity index (χ3v) is 1.42. The molecule has 0 aliphatic rings. The lowest BCUT2D eigenvalue weighted by molar-refractivity contribution is 0.899. The number of nitrogens with one attached hydrogen (secondary N) is 1. The number of nitrogens with zero attached hydrogens (tertiary/aromatic N) is 1. The van der Waals surface area contributed by atoms with Gasteiger partial charge >= 0.3 is 0 Å². The SMILES string of the molecule is C=C\C=C/C(=C\C)C(/C)=N/NC. The standard InChI is InChI=1S/C10H16N2/c1-5-7-8-10(6-2)9(3)12-11-4/h5-8,11H,1H2,2-4H3/b8-7-,10-6+,12-9+. The molecular formula is C10H16N2. The Morgan fingerprint density at radius 1 is 1.50 bits per heavy atom. The van der Waals surface area contributed by atoms with Gasteiger partial charge in [0.15, 0.2) is 0 Å². The molecule has 0 aromatic carbocycles. The Hall–Kier alpha value is -1.31. The molecule has 0 spiro atoms. The van der Waals surface area contributed by atoms with E-state index in [-0.39, 0.29) is 0 Å². The van der Waals surface area contributed by atoms with E-state index in [1.165, 1.54) is 0 Å². The fourth-order valence-electron chi connectivity index (χ4n) is 0.830. The molecule has 0 saturated heterocycles. The second-order valence-electron chi connectivity index (χ2n) is 2.26. The normalized spacial score (nSPS) is 13.6. The summed E-state index contributed by atoms with van der Waals surface area (Å²) in [5.41, 5.74) is 4.82. The van der Waals surface area contributed by atoms with Crippen LogP contribution in [0, 0.1) is 0 Å². The van der Waals surface area contributed by atoms with Crippen molar-refractivity contribution in [2.75, 3.05) is 7.05 Å². The maximum Gasteiger partial charge on any atom is 0.0640 e. The van der Waals surface area contributed by atoms with E-state index in [4.69, 9.17) is 0 Å². The molecule has 0 radical (unpaired) electrons. The minimum atomic E-state index is 0.970. The van der Waals surface area contributed by atoms with Crippen molar-refractivity contribution >= 4 is 5.71 Å². The molecule has 0 aromatic heterocycles. The summed E-state index contributed by atoms with van der Waals surface area (Å²) in [6.07, 6.45) is 7.62. The Kier molecular flexibility index (Phi) is 5.70. The summed E-state index contributed by atoms with van der Waals surface area (Å²) < 4.78 is 0. The summed E-state index contributed by atoms with van der Waals surface area (Å²) in [7, 11) is 1.79. The van der Waals surface area contributed by atoms with Crippen molar-refractivity contribution in [1.82, 2.24) is 5.43 Å². The maximum atomic E-state index is 4.06. The van der Waals surface area contributed by atoms with E-state index in [0.717, 1.165) is 11.3 Å². The molecular weight excluding hydrogens is 148 g/mol. The van der Waals surface area contributed by atoms with Crippen molar-refractivity contribution in [3.8, 4) is 0 Å². The summed E-state index contributed by atoms with van der Waals surface area (Å²) in [5, 5.41) is 4.06. The van der Waals surface area contributed by atoms with Gasteiger partial charge in [0.25, 0.3) is 0 Å². The van der Waals surface area contributed by atoms with Crippen LogP contribution in [0.2, 0.25) is 0 Å². The van der Waals surface area contributed by atoms with Crippen molar-refractivity contribution in [3.05, 3.63) is 36.5 Å². The molecule has 0 saturated carbocycles. The predicted octanol–water partition coefficient (Wildman–Crippen LogP) is 2.27. The Bertz CT molecular complexity index is 222. The Labute approximate surface area is 74.4 Å². The number of hydrogen-bond donors (Lipinski definition) is 1. The topological polar surface area (TPSA) is 24.4 Å². The molecule has 0 aliphatic heterocycles. The van der Waals surface area contributed by atoms with E-state index in [1.54, 1.807) is 13.1 Å². The van der Waals surface area contributed by atoms with Crippen LogP contribution in [0.4, 0.5) is 0 Å². The highest BCUT2D eigenvalue weighted by molar-refractivity contribution is 6.00. The predicted molar refractivity (Wildman–Crippen MR) is 55.3 cm³/mol. The lowest BCUT2D eigenvalue weighted by atomic mass is 10.1. The average molecular weight is 164 g/mol. The van der Waals surface area contributed by atoms with E-state index in [1.807, 2.05) is 32.1 Å². The summed E-state index contributed by atoms with van der Waals surface area (Å²) in [6, 6.07) is 0. The van der Waals surface area contributed by atoms with Gasteiger partial charge in [0.2, 0.25) is 0 Å². The first kappa shape index (κ1) is 10.7. The van der Waals surface area contributed by atoms with Crippen LogP contribution in [0.5, 0.6) is 0 Å². The average Bonchev–Trinajstić information content (AvgIpc) is 2.06. The summed E-state index contributed by atoms with van der Waals surface area (Å²) in [5.74, 6) is 0. The summed E-state index contributed by atoms with van der Waals surface area (Å²) in [4.78, 5) is 0. The smallest absolute Gasteiger partial charge is 0.0640 e. The van der Waals surface area contributed by atoms with E-state index < -0.39 is 0 Å². The fourth-order valence-corrected chi connectivity index (χ4v) is 0.830. The molecule has 0 heterocycles. The molecule has 2 heteroatoms. The zero-order chi connectivity index (χ0) is 9.40. The van der Waals surface area contributed by atoms with E-state index in [2.05, 4.69) is 17.1 Å². The molecule has 0 atom stereocenters. The number of hydrazone groups is 1. The molecule has 2 nitrogen and oxygen atoms in total. The summed E-state index contributed by atoms with van der Waals surface area (Å²) >= 11 is 0. The Morgan fingerprint density at radius 2 is 2.17 bits per heavy atom. The van der Waals surface area contributed by atoms with Gasteiger partial charge in [-0.3, -0.25) is 0 Å². The first-order chi connectivity index (χ1) is 5.76. The van der Waals surface area contributed by atoms with Gasteiger partial charge in [0.1, 0.15) is 0 Å².